The summed E-state index contributed by atoms with van der Waals surface area (Å²) in [7, 11) is 0. The van der Waals surface area contributed by atoms with Crippen molar-refractivity contribution in [2.24, 2.45) is 0 Å². The molecule has 3 unspecified atom stereocenters. The van der Waals surface area contributed by atoms with Gasteiger partial charge in [0.05, 0.1) is 25.3 Å². The van der Waals surface area contributed by atoms with Gasteiger partial charge in [-0.05, 0) is 0 Å². The number of aliphatic hydroxyl groups is 1. The van der Waals surface area contributed by atoms with Gasteiger partial charge in [0, 0.05) is 19.5 Å². The van der Waals surface area contributed by atoms with Crippen molar-refractivity contribution in [3.63, 3.8) is 0 Å². The van der Waals surface area contributed by atoms with Crippen molar-refractivity contribution in [1.82, 2.24) is 9.80 Å². The number of aliphatic carboxylic acids is 1. The van der Waals surface area contributed by atoms with E-state index in [0.29, 0.717) is 6.54 Å². The maximum atomic E-state index is 12.2. The summed E-state index contributed by atoms with van der Waals surface area (Å²) >= 11 is 0. The number of carbonyl (C=O) groups is 2. The molecule has 2 aliphatic rings. The SMILES string of the molecule is N#CC1CN(C(=O)N2CC(O)CC2C(=O)O)CCO1. The van der Waals surface area contributed by atoms with E-state index in [2.05, 4.69) is 0 Å². The predicted octanol–water partition coefficient (Wildman–Crippen LogP) is -1.15. The van der Waals surface area contributed by atoms with Crippen LogP contribution in [0.1, 0.15) is 6.42 Å². The molecular weight excluding hydrogens is 254 g/mol. The number of rotatable bonds is 1. The molecular formula is C11H15N3O5. The van der Waals surface area contributed by atoms with E-state index in [0.717, 1.165) is 4.90 Å². The van der Waals surface area contributed by atoms with Crippen LogP contribution in [0, 0.1) is 11.3 Å². The van der Waals surface area contributed by atoms with E-state index in [1.54, 1.807) is 0 Å². The van der Waals surface area contributed by atoms with E-state index in [9.17, 15) is 14.7 Å². The van der Waals surface area contributed by atoms with E-state index >= 15 is 0 Å². The Morgan fingerprint density at radius 1 is 1.37 bits per heavy atom. The van der Waals surface area contributed by atoms with Crippen LogP contribution in [-0.4, -0.2) is 76.5 Å². The van der Waals surface area contributed by atoms with Crippen molar-refractivity contribution >= 4 is 12.0 Å². The van der Waals surface area contributed by atoms with E-state index < -0.39 is 30.3 Å². The van der Waals surface area contributed by atoms with Crippen LogP contribution in [0.5, 0.6) is 0 Å². The number of β-amino-alcohol motifs (C(OH)–C–C–N with tert-alkyl or cyclic N) is 1. The molecule has 104 valence electrons. The average Bonchev–Trinajstić information content (AvgIpc) is 2.80. The minimum absolute atomic E-state index is 0.00434. The van der Waals surface area contributed by atoms with Gasteiger partial charge in [-0.25, -0.2) is 9.59 Å². The number of carboxylic acid groups (broad SMARTS) is 1. The predicted molar refractivity (Wildman–Crippen MR) is 61.1 cm³/mol. The van der Waals surface area contributed by atoms with Crippen LogP contribution in [0.25, 0.3) is 0 Å². The van der Waals surface area contributed by atoms with Crippen LogP contribution in [-0.2, 0) is 9.53 Å². The van der Waals surface area contributed by atoms with Crippen LogP contribution >= 0.6 is 0 Å². The largest absolute Gasteiger partial charge is 0.480 e. The maximum Gasteiger partial charge on any atom is 0.326 e. The van der Waals surface area contributed by atoms with Crippen molar-refractivity contribution in [3.8, 4) is 6.07 Å². The van der Waals surface area contributed by atoms with Crippen LogP contribution in [0.3, 0.4) is 0 Å². The Morgan fingerprint density at radius 3 is 2.74 bits per heavy atom. The lowest BCUT2D eigenvalue weighted by Crippen LogP contribution is -2.53. The molecule has 0 radical (unpaired) electrons. The Morgan fingerprint density at radius 2 is 2.11 bits per heavy atom. The Balaban J connectivity index is 2.06. The number of hydrogen-bond donors (Lipinski definition) is 2. The Kier molecular flexibility index (Phi) is 3.87. The lowest BCUT2D eigenvalue weighted by Gasteiger charge is -2.34. The molecule has 0 aromatic carbocycles. The number of carbonyl (C=O) groups excluding carboxylic acids is 1. The van der Waals surface area contributed by atoms with Crippen molar-refractivity contribution in [2.45, 2.75) is 24.7 Å². The van der Waals surface area contributed by atoms with Gasteiger partial charge in [-0.15, -0.1) is 0 Å². The molecule has 2 amide bonds. The molecule has 2 saturated heterocycles. The summed E-state index contributed by atoms with van der Waals surface area (Å²) in [5.41, 5.74) is 0. The van der Waals surface area contributed by atoms with Crippen molar-refractivity contribution < 1.29 is 24.5 Å². The highest BCUT2D eigenvalue weighted by molar-refractivity contribution is 5.83. The molecule has 0 saturated carbocycles. The summed E-state index contributed by atoms with van der Waals surface area (Å²) in [4.78, 5) is 25.8. The lowest BCUT2D eigenvalue weighted by atomic mass is 10.2. The number of nitriles is 1. The molecule has 0 spiro atoms. The van der Waals surface area contributed by atoms with Gasteiger partial charge >= 0.3 is 12.0 Å². The zero-order valence-corrected chi connectivity index (χ0v) is 10.2. The first kappa shape index (κ1) is 13.6. The topological polar surface area (TPSA) is 114 Å². The summed E-state index contributed by atoms with van der Waals surface area (Å²) in [6.45, 7) is 0.687. The first-order valence-electron chi connectivity index (χ1n) is 6.00. The molecule has 0 aromatic rings. The second kappa shape index (κ2) is 5.42. The smallest absolute Gasteiger partial charge is 0.326 e. The number of urea groups is 1. The highest BCUT2D eigenvalue weighted by atomic mass is 16.5. The highest BCUT2D eigenvalue weighted by Crippen LogP contribution is 2.21. The molecule has 0 aromatic heterocycles. The molecule has 2 N–H and O–H groups in total. The molecule has 2 fully saturated rings. The minimum Gasteiger partial charge on any atom is -0.480 e. The van der Waals surface area contributed by atoms with Gasteiger partial charge in [0.2, 0.25) is 0 Å². The number of hydrogen-bond acceptors (Lipinski definition) is 5. The third-order valence-electron chi connectivity index (χ3n) is 3.29. The molecule has 2 rings (SSSR count). The summed E-state index contributed by atoms with van der Waals surface area (Å²) in [5, 5.41) is 27.3. The normalized spacial score (nSPS) is 31.1. The summed E-state index contributed by atoms with van der Waals surface area (Å²) in [5.74, 6) is -1.13. The number of ether oxygens (including phenoxy) is 1. The molecule has 3 atom stereocenters. The maximum absolute atomic E-state index is 12.2. The number of morpholine rings is 1. The first-order chi connectivity index (χ1) is 9.02. The quantitative estimate of drug-likeness (QED) is 0.621. The molecule has 8 heteroatoms. The highest BCUT2D eigenvalue weighted by Gasteiger charge is 2.41. The molecule has 19 heavy (non-hydrogen) atoms. The van der Waals surface area contributed by atoms with E-state index in [4.69, 9.17) is 15.1 Å². The third-order valence-corrected chi connectivity index (χ3v) is 3.29. The average molecular weight is 269 g/mol. The van der Waals surface area contributed by atoms with Crippen molar-refractivity contribution in [2.75, 3.05) is 26.2 Å². The van der Waals surface area contributed by atoms with E-state index in [1.807, 2.05) is 6.07 Å². The van der Waals surface area contributed by atoms with E-state index in [1.165, 1.54) is 4.90 Å². The standard InChI is InChI=1S/C11H15N3O5/c12-4-8-6-13(1-2-19-8)11(18)14-5-7(15)3-9(14)10(16)17/h7-9,15H,1-3,5-6H2,(H,16,17). The van der Waals surface area contributed by atoms with Gasteiger partial charge in [-0.3, -0.25) is 0 Å². The zero-order chi connectivity index (χ0) is 14.0. The third kappa shape index (κ3) is 2.77. The van der Waals surface area contributed by atoms with Crippen LogP contribution in [0.15, 0.2) is 0 Å². The Hall–Kier alpha value is -1.85. The monoisotopic (exact) mass is 269 g/mol. The molecule has 0 aliphatic carbocycles. The van der Waals surface area contributed by atoms with Crippen molar-refractivity contribution in [3.05, 3.63) is 0 Å². The second-order valence-electron chi connectivity index (χ2n) is 4.61. The first-order valence-corrected chi connectivity index (χ1v) is 6.00. The van der Waals surface area contributed by atoms with Crippen LogP contribution < -0.4 is 0 Å². The number of amides is 2. The molecule has 0 bridgehead atoms. The van der Waals surface area contributed by atoms with Gasteiger partial charge in [0.25, 0.3) is 0 Å². The summed E-state index contributed by atoms with van der Waals surface area (Å²) in [6, 6.07) is 0.448. The molecule has 8 nitrogen and oxygen atoms in total. The van der Waals surface area contributed by atoms with Gasteiger partial charge in [-0.2, -0.15) is 5.26 Å². The van der Waals surface area contributed by atoms with Gasteiger partial charge in [0.1, 0.15) is 6.04 Å². The zero-order valence-electron chi connectivity index (χ0n) is 10.2. The Labute approximate surface area is 109 Å². The fourth-order valence-electron chi connectivity index (χ4n) is 2.34. The number of carboxylic acids is 1. The summed E-state index contributed by atoms with van der Waals surface area (Å²) in [6.07, 6.45) is -1.47. The fraction of sp³-hybridized carbons (Fsp3) is 0.727. The number of likely N-dealkylation sites (tertiary alicyclic amines) is 1. The fourth-order valence-corrected chi connectivity index (χ4v) is 2.34. The van der Waals surface area contributed by atoms with Crippen LogP contribution in [0.2, 0.25) is 0 Å². The molecule has 2 aliphatic heterocycles. The van der Waals surface area contributed by atoms with Gasteiger partial charge in [0.15, 0.2) is 6.10 Å². The Bertz CT molecular complexity index is 421. The van der Waals surface area contributed by atoms with Crippen LogP contribution in [0.4, 0.5) is 4.79 Å². The lowest BCUT2D eigenvalue weighted by molar-refractivity contribution is -0.141. The van der Waals surface area contributed by atoms with Gasteiger partial charge < -0.3 is 24.7 Å². The minimum atomic E-state index is -1.13. The molecule has 2 heterocycles. The number of aliphatic hydroxyl groups excluding tert-OH is 1. The second-order valence-corrected chi connectivity index (χ2v) is 4.61. The van der Waals surface area contributed by atoms with Crippen molar-refractivity contribution in [1.29, 1.82) is 5.26 Å². The van der Waals surface area contributed by atoms with Gasteiger partial charge in [-0.1, -0.05) is 0 Å². The van der Waals surface area contributed by atoms with E-state index in [-0.39, 0.29) is 26.1 Å². The number of nitrogens with zero attached hydrogens (tertiary/aromatic N) is 3. The summed E-state index contributed by atoms with van der Waals surface area (Å²) < 4.78 is 5.13.